The second kappa shape index (κ2) is 6.33. The fraction of sp³-hybridized carbons (Fsp3) is 0.286. The van der Waals surface area contributed by atoms with Crippen LogP contribution in [0, 0.1) is 0 Å². The summed E-state index contributed by atoms with van der Waals surface area (Å²) >= 11 is 1.73. The van der Waals surface area contributed by atoms with Crippen LogP contribution in [-0.2, 0) is 0 Å². The number of hydrogen-bond acceptors (Lipinski definition) is 4. The summed E-state index contributed by atoms with van der Waals surface area (Å²) in [4.78, 5) is 16.5. The van der Waals surface area contributed by atoms with Gasteiger partial charge in [-0.15, -0.1) is 11.3 Å². The molecule has 0 bridgehead atoms. The molecule has 0 saturated heterocycles. The van der Waals surface area contributed by atoms with Gasteiger partial charge >= 0.3 is 0 Å². The van der Waals surface area contributed by atoms with Crippen LogP contribution in [0.25, 0.3) is 0 Å². The highest BCUT2D eigenvalue weighted by molar-refractivity contribution is 7.10. The van der Waals surface area contributed by atoms with E-state index in [1.54, 1.807) is 23.5 Å². The first kappa shape index (κ1) is 13.5. The van der Waals surface area contributed by atoms with Gasteiger partial charge in [-0.25, -0.2) is 4.98 Å². The zero-order valence-electron chi connectivity index (χ0n) is 10.8. The molecule has 2 aromatic heterocycles. The van der Waals surface area contributed by atoms with Crippen molar-refractivity contribution in [1.29, 1.82) is 0 Å². The molecule has 1 atom stereocenters. The number of primary amides is 1. The monoisotopic (exact) mass is 275 g/mol. The first-order chi connectivity index (χ1) is 9.20. The van der Waals surface area contributed by atoms with Crippen molar-refractivity contribution >= 4 is 23.1 Å². The van der Waals surface area contributed by atoms with Crippen LogP contribution >= 0.6 is 11.3 Å². The lowest BCUT2D eigenvalue weighted by atomic mass is 10.1. The molecular formula is C14H17N3OS. The number of rotatable bonds is 6. The summed E-state index contributed by atoms with van der Waals surface area (Å²) < 4.78 is 0. The summed E-state index contributed by atoms with van der Waals surface area (Å²) in [6, 6.07) is 7.91. The van der Waals surface area contributed by atoms with Gasteiger partial charge in [0.2, 0.25) is 5.91 Å². The number of pyridine rings is 1. The fourth-order valence-corrected chi connectivity index (χ4v) is 2.68. The van der Waals surface area contributed by atoms with E-state index in [0.717, 1.165) is 18.7 Å². The molecule has 0 aliphatic heterocycles. The Morgan fingerprint density at radius 3 is 2.84 bits per heavy atom. The average Bonchev–Trinajstić information content (AvgIpc) is 2.92. The summed E-state index contributed by atoms with van der Waals surface area (Å²) in [5.74, 6) is 0.305. The highest BCUT2D eigenvalue weighted by atomic mass is 32.1. The lowest BCUT2D eigenvalue weighted by molar-refractivity contribution is 0.1000. The third-order valence-electron chi connectivity index (χ3n) is 2.83. The van der Waals surface area contributed by atoms with Crippen molar-refractivity contribution in [3.8, 4) is 0 Å². The van der Waals surface area contributed by atoms with Gasteiger partial charge in [-0.2, -0.15) is 0 Å². The van der Waals surface area contributed by atoms with Crippen molar-refractivity contribution in [3.05, 3.63) is 46.3 Å². The number of amides is 1. The van der Waals surface area contributed by atoms with Gasteiger partial charge in [-0.1, -0.05) is 19.4 Å². The minimum Gasteiger partial charge on any atom is -0.366 e. The van der Waals surface area contributed by atoms with Crippen LogP contribution in [0.15, 0.2) is 35.8 Å². The van der Waals surface area contributed by atoms with Gasteiger partial charge in [0.15, 0.2) is 0 Å². The predicted molar refractivity (Wildman–Crippen MR) is 78.3 cm³/mol. The number of carbonyl (C=O) groups is 1. The van der Waals surface area contributed by atoms with Crippen molar-refractivity contribution in [2.45, 2.75) is 25.8 Å². The zero-order valence-corrected chi connectivity index (χ0v) is 11.6. The van der Waals surface area contributed by atoms with Crippen LogP contribution in [-0.4, -0.2) is 10.9 Å². The second-order valence-electron chi connectivity index (χ2n) is 4.30. The smallest absolute Gasteiger partial charge is 0.250 e. The van der Waals surface area contributed by atoms with Crippen molar-refractivity contribution in [2.24, 2.45) is 5.73 Å². The fourth-order valence-electron chi connectivity index (χ4n) is 1.87. The van der Waals surface area contributed by atoms with E-state index in [2.05, 4.69) is 28.7 Å². The summed E-state index contributed by atoms with van der Waals surface area (Å²) in [7, 11) is 0. The van der Waals surface area contributed by atoms with Crippen LogP contribution in [0.1, 0.15) is 41.0 Å². The number of nitrogens with zero attached hydrogens (tertiary/aromatic N) is 1. The van der Waals surface area contributed by atoms with Gasteiger partial charge in [0.05, 0.1) is 11.6 Å². The van der Waals surface area contributed by atoms with Crippen molar-refractivity contribution in [1.82, 2.24) is 4.98 Å². The number of nitrogens with one attached hydrogen (secondary N) is 1. The molecule has 1 amide bonds. The van der Waals surface area contributed by atoms with Gasteiger partial charge in [0.25, 0.3) is 0 Å². The van der Waals surface area contributed by atoms with Crippen molar-refractivity contribution in [3.63, 3.8) is 0 Å². The van der Waals surface area contributed by atoms with E-state index in [-0.39, 0.29) is 6.04 Å². The Morgan fingerprint density at radius 2 is 2.32 bits per heavy atom. The van der Waals surface area contributed by atoms with Gasteiger partial charge < -0.3 is 11.1 Å². The minimum atomic E-state index is -0.456. The van der Waals surface area contributed by atoms with Crippen LogP contribution in [0.2, 0.25) is 0 Å². The van der Waals surface area contributed by atoms with Crippen LogP contribution < -0.4 is 11.1 Å². The van der Waals surface area contributed by atoms with E-state index in [1.165, 1.54) is 11.1 Å². The normalized spacial score (nSPS) is 12.1. The Labute approximate surface area is 116 Å². The van der Waals surface area contributed by atoms with E-state index in [9.17, 15) is 4.79 Å². The molecule has 4 nitrogen and oxygen atoms in total. The Morgan fingerprint density at radius 1 is 1.47 bits per heavy atom. The molecule has 2 rings (SSSR count). The molecule has 0 radical (unpaired) electrons. The molecule has 0 saturated carbocycles. The summed E-state index contributed by atoms with van der Waals surface area (Å²) in [5.41, 5.74) is 5.62. The van der Waals surface area contributed by atoms with Crippen molar-refractivity contribution in [2.75, 3.05) is 5.32 Å². The Kier molecular flexibility index (Phi) is 4.52. The quantitative estimate of drug-likeness (QED) is 0.850. The average molecular weight is 275 g/mol. The molecule has 2 heterocycles. The van der Waals surface area contributed by atoms with E-state index < -0.39 is 5.91 Å². The molecule has 100 valence electrons. The van der Waals surface area contributed by atoms with Crippen LogP contribution in [0.3, 0.4) is 0 Å². The highest BCUT2D eigenvalue weighted by Crippen LogP contribution is 2.26. The number of anilines is 1. The standard InChI is InChI=1S/C14H17N3OS/c1-2-4-11(12-5-3-8-19-12)17-13-7-6-10(9-16-13)14(15)18/h3,5-9,11H,2,4H2,1H3,(H2,15,18)(H,16,17). The maximum Gasteiger partial charge on any atom is 0.250 e. The van der Waals surface area contributed by atoms with Gasteiger partial charge in [0.1, 0.15) is 5.82 Å². The topological polar surface area (TPSA) is 68.0 Å². The van der Waals surface area contributed by atoms with Crippen molar-refractivity contribution < 1.29 is 4.79 Å². The molecular weight excluding hydrogens is 258 g/mol. The number of nitrogens with two attached hydrogens (primary N) is 1. The van der Waals surface area contributed by atoms with E-state index >= 15 is 0 Å². The third-order valence-corrected chi connectivity index (χ3v) is 3.82. The molecule has 0 aliphatic carbocycles. The Bertz CT molecular complexity index is 522. The summed E-state index contributed by atoms with van der Waals surface area (Å²) in [6.45, 7) is 2.16. The summed E-state index contributed by atoms with van der Waals surface area (Å²) in [6.07, 6.45) is 3.64. The first-order valence-electron chi connectivity index (χ1n) is 6.26. The third kappa shape index (κ3) is 3.54. The molecule has 1 unspecified atom stereocenters. The molecule has 2 aromatic rings. The molecule has 19 heavy (non-hydrogen) atoms. The van der Waals surface area contributed by atoms with E-state index in [0.29, 0.717) is 5.56 Å². The SMILES string of the molecule is CCCC(Nc1ccc(C(N)=O)cn1)c1cccs1. The second-order valence-corrected chi connectivity index (χ2v) is 5.28. The molecule has 5 heteroatoms. The Hall–Kier alpha value is -1.88. The molecule has 0 fully saturated rings. The van der Waals surface area contributed by atoms with E-state index in [1.807, 2.05) is 6.07 Å². The molecule has 0 spiro atoms. The molecule has 3 N–H and O–H groups in total. The van der Waals surface area contributed by atoms with Gasteiger partial charge in [0, 0.05) is 11.1 Å². The van der Waals surface area contributed by atoms with Crippen LogP contribution in [0.5, 0.6) is 0 Å². The molecule has 0 aliphatic rings. The molecule has 0 aromatic carbocycles. The highest BCUT2D eigenvalue weighted by Gasteiger charge is 2.12. The first-order valence-corrected chi connectivity index (χ1v) is 7.14. The lowest BCUT2D eigenvalue weighted by Gasteiger charge is -2.17. The lowest BCUT2D eigenvalue weighted by Crippen LogP contribution is -2.13. The summed E-state index contributed by atoms with van der Waals surface area (Å²) in [5, 5.41) is 5.47. The number of thiophene rings is 1. The van der Waals surface area contributed by atoms with Crippen LogP contribution in [0.4, 0.5) is 5.82 Å². The number of aromatic nitrogens is 1. The van der Waals surface area contributed by atoms with Gasteiger partial charge in [-0.05, 0) is 30.0 Å². The van der Waals surface area contributed by atoms with E-state index in [4.69, 9.17) is 5.73 Å². The number of carbonyl (C=O) groups excluding carboxylic acids is 1. The zero-order chi connectivity index (χ0) is 13.7. The number of hydrogen-bond donors (Lipinski definition) is 2. The predicted octanol–water partition coefficient (Wildman–Crippen LogP) is 3.20. The Balaban J connectivity index is 2.11. The maximum absolute atomic E-state index is 11.0. The minimum absolute atomic E-state index is 0.261. The van der Waals surface area contributed by atoms with Gasteiger partial charge in [-0.3, -0.25) is 4.79 Å². The maximum atomic E-state index is 11.0. The largest absolute Gasteiger partial charge is 0.366 e.